The first-order chi connectivity index (χ1) is 19.8. The Labute approximate surface area is 247 Å². The molecule has 6 heteroatoms. The lowest BCUT2D eigenvalue weighted by Crippen LogP contribution is -2.51. The second-order valence-electron chi connectivity index (χ2n) is 12.8. The lowest BCUT2D eigenvalue weighted by Gasteiger charge is -2.42. The van der Waals surface area contributed by atoms with Crippen molar-refractivity contribution < 1.29 is 29.2 Å². The fourth-order valence-corrected chi connectivity index (χ4v) is 6.09. The van der Waals surface area contributed by atoms with Gasteiger partial charge in [0.25, 0.3) is 0 Å². The van der Waals surface area contributed by atoms with E-state index in [-0.39, 0.29) is 19.8 Å². The number of aliphatic hydroxyl groups is 2. The molecule has 228 valence electrons. The molecule has 2 aliphatic rings. The molecule has 0 radical (unpaired) electrons. The van der Waals surface area contributed by atoms with Crippen LogP contribution in [-0.2, 0) is 22.3 Å². The molecule has 0 bridgehead atoms. The largest absolute Gasteiger partial charge is 0.493 e. The molecule has 0 atom stereocenters. The van der Waals surface area contributed by atoms with Gasteiger partial charge in [0.2, 0.25) is 0 Å². The molecule has 1 saturated carbocycles. The van der Waals surface area contributed by atoms with E-state index in [1.165, 1.54) is 44.1 Å². The average Bonchev–Trinajstić information content (AvgIpc) is 2.98. The Balaban J connectivity index is 1.45. The van der Waals surface area contributed by atoms with Crippen molar-refractivity contribution in [2.24, 2.45) is 17.3 Å². The summed E-state index contributed by atoms with van der Waals surface area (Å²) in [7, 11) is 0. The highest BCUT2D eigenvalue weighted by Crippen LogP contribution is 2.36. The van der Waals surface area contributed by atoms with Crippen LogP contribution in [0.5, 0.6) is 11.5 Å². The predicted octanol–water partition coefficient (Wildman–Crippen LogP) is 6.97. The molecular weight excluding hydrogens is 516 g/mol. The van der Waals surface area contributed by atoms with Gasteiger partial charge in [0.1, 0.15) is 18.1 Å². The van der Waals surface area contributed by atoms with Gasteiger partial charge in [-0.2, -0.15) is 0 Å². The van der Waals surface area contributed by atoms with Gasteiger partial charge in [0.15, 0.2) is 5.79 Å². The molecule has 1 aliphatic heterocycles. The van der Waals surface area contributed by atoms with Gasteiger partial charge in [-0.15, -0.1) is 0 Å². The predicted molar refractivity (Wildman–Crippen MR) is 164 cm³/mol. The maximum Gasteiger partial charge on any atom is 0.162 e. The van der Waals surface area contributed by atoms with Crippen LogP contribution in [0, 0.1) is 17.3 Å². The number of hydrogen-bond acceptors (Lipinski definition) is 6. The number of ether oxygens (including phenoxy) is 4. The van der Waals surface area contributed by atoms with Gasteiger partial charge >= 0.3 is 0 Å². The summed E-state index contributed by atoms with van der Waals surface area (Å²) in [5.41, 5.74) is 3.82. The number of rotatable bonds is 14. The monoisotopic (exact) mass is 568 g/mol. The minimum Gasteiger partial charge on any atom is -0.493 e. The second-order valence-corrected chi connectivity index (χ2v) is 12.8. The Morgan fingerprint density at radius 3 is 2.12 bits per heavy atom. The fraction of sp³-hybridized carbons (Fsp3) is 0.657. The van der Waals surface area contributed by atoms with Crippen LogP contribution in [0.1, 0.15) is 83.8 Å². The van der Waals surface area contributed by atoms with Crippen LogP contribution in [0.4, 0.5) is 0 Å². The molecule has 2 N–H and O–H groups in total. The van der Waals surface area contributed by atoms with Gasteiger partial charge < -0.3 is 29.2 Å². The Hall–Kier alpha value is -2.12. The summed E-state index contributed by atoms with van der Waals surface area (Å²) >= 11 is 0. The third-order valence-electron chi connectivity index (χ3n) is 8.82. The minimum atomic E-state index is -0.662. The lowest BCUT2D eigenvalue weighted by molar-refractivity contribution is -0.293. The van der Waals surface area contributed by atoms with E-state index in [0.29, 0.717) is 25.6 Å². The van der Waals surface area contributed by atoms with Gasteiger partial charge in [-0.3, -0.25) is 0 Å². The van der Waals surface area contributed by atoms with Crippen LogP contribution in [0.15, 0.2) is 36.4 Å². The Bertz CT molecular complexity index is 1060. The standard InChI is InChI=1S/C35H52O6/c1-5-7-26-9-11-27(12-10-26)21-38-31-15-13-28(14-16-31)32-19-30(17-18-36)33(20-29(32)8-6-2)39-23-35(22-37)24-40-34(3,4)41-25-35/h13-16,19-20,26-27,36-37H,5-12,17-18,21-25H2,1-4H3/t26-,27-. The van der Waals surface area contributed by atoms with Crippen LogP contribution >= 0.6 is 0 Å². The van der Waals surface area contributed by atoms with Crippen molar-refractivity contribution >= 4 is 0 Å². The number of benzene rings is 2. The zero-order chi connectivity index (χ0) is 29.3. The molecule has 1 heterocycles. The SMILES string of the molecule is CCCc1cc(OCC2(CO)COC(C)(C)OC2)c(CCO)cc1-c1ccc(OC[C@H]2CC[C@H](CCC)CC2)cc1. The first-order valence-corrected chi connectivity index (χ1v) is 15.8. The van der Waals surface area contributed by atoms with Crippen molar-refractivity contribution in [1.29, 1.82) is 0 Å². The molecule has 2 aromatic carbocycles. The normalized spacial score (nSPS) is 21.9. The van der Waals surface area contributed by atoms with Gasteiger partial charge in [-0.05, 0) is 97.9 Å². The van der Waals surface area contributed by atoms with E-state index in [4.69, 9.17) is 18.9 Å². The fourth-order valence-electron chi connectivity index (χ4n) is 6.09. The van der Waals surface area contributed by atoms with Crippen LogP contribution in [0.3, 0.4) is 0 Å². The van der Waals surface area contributed by atoms with Crippen molar-refractivity contribution in [1.82, 2.24) is 0 Å². The molecule has 1 aliphatic carbocycles. The van der Waals surface area contributed by atoms with E-state index in [1.807, 2.05) is 13.8 Å². The summed E-state index contributed by atoms with van der Waals surface area (Å²) in [4.78, 5) is 0. The Morgan fingerprint density at radius 1 is 0.829 bits per heavy atom. The Morgan fingerprint density at radius 2 is 1.51 bits per heavy atom. The topological polar surface area (TPSA) is 77.4 Å². The second kappa shape index (κ2) is 14.9. The molecule has 0 spiro atoms. The van der Waals surface area contributed by atoms with E-state index in [9.17, 15) is 10.2 Å². The van der Waals surface area contributed by atoms with Crippen molar-refractivity contribution in [2.45, 2.75) is 91.3 Å². The zero-order valence-corrected chi connectivity index (χ0v) is 25.8. The summed E-state index contributed by atoms with van der Waals surface area (Å²) < 4.78 is 24.2. The molecule has 0 amide bonds. The molecule has 0 unspecified atom stereocenters. The highest BCUT2D eigenvalue weighted by atomic mass is 16.7. The molecule has 2 aromatic rings. The summed E-state index contributed by atoms with van der Waals surface area (Å²) in [6, 6.07) is 12.7. The first kappa shape index (κ1) is 31.8. The minimum absolute atomic E-state index is 0.0294. The van der Waals surface area contributed by atoms with Crippen molar-refractivity contribution in [2.75, 3.05) is 39.6 Å². The van der Waals surface area contributed by atoms with Crippen LogP contribution in [0.2, 0.25) is 0 Å². The van der Waals surface area contributed by atoms with Crippen molar-refractivity contribution in [3.05, 3.63) is 47.5 Å². The number of hydrogen-bond donors (Lipinski definition) is 2. The maximum absolute atomic E-state index is 10.2. The molecular formula is C35H52O6. The maximum atomic E-state index is 10.2. The quantitative estimate of drug-likeness (QED) is 0.256. The summed E-state index contributed by atoms with van der Waals surface area (Å²) in [5.74, 6) is 2.59. The van der Waals surface area contributed by atoms with E-state index >= 15 is 0 Å². The van der Waals surface area contributed by atoms with Gasteiger partial charge in [0.05, 0.1) is 31.8 Å². The highest BCUT2D eigenvalue weighted by molar-refractivity contribution is 5.70. The van der Waals surface area contributed by atoms with Gasteiger partial charge in [-0.1, -0.05) is 58.1 Å². The molecule has 6 nitrogen and oxygen atoms in total. The first-order valence-electron chi connectivity index (χ1n) is 15.8. The van der Waals surface area contributed by atoms with Gasteiger partial charge in [0, 0.05) is 6.61 Å². The number of aryl methyl sites for hydroxylation is 1. The van der Waals surface area contributed by atoms with Crippen LogP contribution in [-0.4, -0.2) is 55.6 Å². The van der Waals surface area contributed by atoms with E-state index in [1.54, 1.807) is 0 Å². The summed E-state index contributed by atoms with van der Waals surface area (Å²) in [6.07, 6.45) is 10.3. The number of aliphatic hydroxyl groups excluding tert-OH is 2. The van der Waals surface area contributed by atoms with Gasteiger partial charge in [-0.25, -0.2) is 0 Å². The zero-order valence-electron chi connectivity index (χ0n) is 25.8. The summed E-state index contributed by atoms with van der Waals surface area (Å²) in [5, 5.41) is 20.0. The van der Waals surface area contributed by atoms with Crippen LogP contribution < -0.4 is 9.47 Å². The molecule has 0 aromatic heterocycles. The van der Waals surface area contributed by atoms with Crippen molar-refractivity contribution in [3.63, 3.8) is 0 Å². The van der Waals surface area contributed by atoms with E-state index in [0.717, 1.165) is 53.6 Å². The smallest absolute Gasteiger partial charge is 0.162 e. The third kappa shape index (κ3) is 8.70. The third-order valence-corrected chi connectivity index (χ3v) is 8.82. The molecule has 4 rings (SSSR count). The lowest BCUT2D eigenvalue weighted by atomic mass is 9.80. The van der Waals surface area contributed by atoms with E-state index < -0.39 is 11.2 Å². The van der Waals surface area contributed by atoms with E-state index in [2.05, 4.69) is 50.2 Å². The molecule has 41 heavy (non-hydrogen) atoms. The van der Waals surface area contributed by atoms with Crippen LogP contribution in [0.25, 0.3) is 11.1 Å². The average molecular weight is 569 g/mol. The summed E-state index contributed by atoms with van der Waals surface area (Å²) in [6.45, 7) is 9.96. The highest BCUT2D eigenvalue weighted by Gasteiger charge is 2.40. The van der Waals surface area contributed by atoms with Crippen molar-refractivity contribution in [3.8, 4) is 22.6 Å². The molecule has 2 fully saturated rings. The molecule has 1 saturated heterocycles. The Kier molecular flexibility index (Phi) is 11.5.